The molecule has 0 aliphatic carbocycles. The van der Waals surface area contributed by atoms with Crippen molar-refractivity contribution >= 4 is 27.5 Å². The topological polar surface area (TPSA) is 44.1 Å². The van der Waals surface area contributed by atoms with Crippen molar-refractivity contribution in [1.82, 2.24) is 9.78 Å². The van der Waals surface area contributed by atoms with Crippen LogP contribution in [0.5, 0.6) is 5.75 Å². The first-order chi connectivity index (χ1) is 12.4. The average molecular weight is 438 g/mol. The van der Waals surface area contributed by atoms with E-state index in [1.807, 2.05) is 30.3 Å². The molecule has 0 radical (unpaired) electrons. The smallest absolute Gasteiger partial charge is 0.278 e. The summed E-state index contributed by atoms with van der Waals surface area (Å²) in [5, 5.41) is 4.46. The van der Waals surface area contributed by atoms with E-state index in [-0.39, 0.29) is 23.5 Å². The lowest BCUT2D eigenvalue weighted by molar-refractivity contribution is 0.301. The third-order valence-corrected chi connectivity index (χ3v) is 5.25. The maximum absolute atomic E-state index is 14.6. The predicted molar refractivity (Wildman–Crippen MR) is 103 cm³/mol. The summed E-state index contributed by atoms with van der Waals surface area (Å²) in [7, 11) is 1.51. The van der Waals surface area contributed by atoms with Crippen molar-refractivity contribution in [2.75, 3.05) is 0 Å². The van der Waals surface area contributed by atoms with Crippen LogP contribution in [-0.4, -0.2) is 9.78 Å². The van der Waals surface area contributed by atoms with Crippen molar-refractivity contribution in [3.63, 3.8) is 0 Å². The van der Waals surface area contributed by atoms with Gasteiger partial charge in [-0.1, -0.05) is 41.9 Å². The Morgan fingerprint density at radius 3 is 2.58 bits per heavy atom. The second kappa shape index (κ2) is 7.60. The minimum Gasteiger partial charge on any atom is -0.486 e. The monoisotopic (exact) mass is 436 g/mol. The molecule has 0 saturated heterocycles. The van der Waals surface area contributed by atoms with Gasteiger partial charge in [0.05, 0.1) is 10.6 Å². The zero-order valence-electron chi connectivity index (χ0n) is 14.1. The summed E-state index contributed by atoms with van der Waals surface area (Å²) >= 11 is 9.40. The summed E-state index contributed by atoms with van der Waals surface area (Å²) in [6, 6.07) is 12.1. The van der Waals surface area contributed by atoms with Crippen molar-refractivity contribution in [3.05, 3.63) is 79.4 Å². The first-order valence-corrected chi connectivity index (χ1v) is 8.95. The molecule has 0 saturated carbocycles. The number of ether oxygens (including phenoxy) is 1. The first-order valence-electron chi connectivity index (χ1n) is 7.78. The number of nitrogens with zero attached hydrogens (tertiary/aromatic N) is 2. The van der Waals surface area contributed by atoms with Crippen LogP contribution in [-0.2, 0) is 13.7 Å². The molecule has 3 aromatic rings. The maximum atomic E-state index is 14.6. The Morgan fingerprint density at radius 2 is 1.88 bits per heavy atom. The van der Waals surface area contributed by atoms with E-state index in [0.29, 0.717) is 15.2 Å². The van der Waals surface area contributed by atoms with Gasteiger partial charge in [-0.15, -0.1) is 0 Å². The van der Waals surface area contributed by atoms with Crippen molar-refractivity contribution < 1.29 is 9.13 Å². The van der Waals surface area contributed by atoms with Crippen LogP contribution in [0, 0.1) is 12.7 Å². The minimum atomic E-state index is -0.575. The van der Waals surface area contributed by atoms with Gasteiger partial charge in [0.15, 0.2) is 5.75 Å². The van der Waals surface area contributed by atoms with Gasteiger partial charge in [0.2, 0.25) is 0 Å². The van der Waals surface area contributed by atoms with Crippen LogP contribution in [0.2, 0.25) is 5.02 Å². The van der Waals surface area contributed by atoms with Gasteiger partial charge in [0, 0.05) is 17.1 Å². The lowest BCUT2D eigenvalue weighted by Crippen LogP contribution is -2.24. The zero-order chi connectivity index (χ0) is 18.8. The van der Waals surface area contributed by atoms with E-state index in [1.165, 1.54) is 19.2 Å². The van der Waals surface area contributed by atoms with E-state index in [1.54, 1.807) is 6.92 Å². The van der Waals surface area contributed by atoms with Gasteiger partial charge in [-0.05, 0) is 40.5 Å². The summed E-state index contributed by atoms with van der Waals surface area (Å²) in [5.41, 5.74) is 1.07. The highest BCUT2D eigenvalue weighted by molar-refractivity contribution is 9.10. The fourth-order valence-electron chi connectivity index (χ4n) is 2.64. The third-order valence-electron chi connectivity index (χ3n) is 3.88. The number of aryl methyl sites for hydroxylation is 2. The Hall–Kier alpha value is -2.18. The van der Waals surface area contributed by atoms with Gasteiger partial charge in [0.1, 0.15) is 18.1 Å². The molecule has 0 fully saturated rings. The van der Waals surface area contributed by atoms with E-state index < -0.39 is 11.4 Å². The molecule has 0 atom stereocenters. The van der Waals surface area contributed by atoms with Crippen LogP contribution in [0.25, 0.3) is 11.1 Å². The first kappa shape index (κ1) is 18.6. The van der Waals surface area contributed by atoms with Crippen molar-refractivity contribution in [3.8, 4) is 16.9 Å². The van der Waals surface area contributed by atoms with Gasteiger partial charge < -0.3 is 4.74 Å². The molecule has 1 aromatic heterocycles. The molecule has 26 heavy (non-hydrogen) atoms. The Kier molecular flexibility index (Phi) is 5.44. The predicted octanol–water partition coefficient (Wildman–Crippen LogP) is 4.89. The Labute approximate surface area is 163 Å². The van der Waals surface area contributed by atoms with Crippen molar-refractivity contribution in [2.45, 2.75) is 13.5 Å². The molecule has 1 heterocycles. The van der Waals surface area contributed by atoms with E-state index in [9.17, 15) is 9.18 Å². The SMILES string of the molecule is Cc1nn(C)c(=O)c(-c2c(F)ccc(Cl)c2Br)c1OCc1ccccc1. The molecular formula is C19H15BrClFN2O2. The minimum absolute atomic E-state index is 0.0617. The molecule has 134 valence electrons. The summed E-state index contributed by atoms with van der Waals surface area (Å²) in [5.74, 6) is -0.340. The summed E-state index contributed by atoms with van der Waals surface area (Å²) < 4.78 is 21.9. The summed E-state index contributed by atoms with van der Waals surface area (Å²) in [6.07, 6.45) is 0. The molecule has 0 spiro atoms. The molecule has 0 amide bonds. The standard InChI is InChI=1S/C19H15BrClFN2O2/c1-11-18(26-10-12-6-4-3-5-7-12)16(19(25)24(2)23-11)15-14(22)9-8-13(21)17(15)20/h3-9H,10H2,1-2H3. The van der Waals surface area contributed by atoms with Gasteiger partial charge >= 0.3 is 0 Å². The number of halogens is 3. The van der Waals surface area contributed by atoms with E-state index >= 15 is 0 Å². The van der Waals surface area contributed by atoms with Crippen LogP contribution in [0.3, 0.4) is 0 Å². The quantitative estimate of drug-likeness (QED) is 0.546. The third kappa shape index (κ3) is 3.52. The molecule has 0 aliphatic heterocycles. The van der Waals surface area contributed by atoms with Crippen LogP contribution >= 0.6 is 27.5 Å². The van der Waals surface area contributed by atoms with E-state index in [4.69, 9.17) is 16.3 Å². The van der Waals surface area contributed by atoms with Crippen molar-refractivity contribution in [2.24, 2.45) is 7.05 Å². The highest BCUT2D eigenvalue weighted by Crippen LogP contribution is 2.39. The van der Waals surface area contributed by atoms with Crippen LogP contribution in [0.15, 0.2) is 51.7 Å². The molecule has 7 heteroatoms. The van der Waals surface area contributed by atoms with E-state index in [2.05, 4.69) is 21.0 Å². The highest BCUT2D eigenvalue weighted by atomic mass is 79.9. The van der Waals surface area contributed by atoms with Gasteiger partial charge in [-0.2, -0.15) is 5.10 Å². The summed E-state index contributed by atoms with van der Waals surface area (Å²) in [6.45, 7) is 1.93. The van der Waals surface area contributed by atoms with Crippen LogP contribution in [0.1, 0.15) is 11.3 Å². The molecule has 0 N–H and O–H groups in total. The van der Waals surface area contributed by atoms with Crippen LogP contribution in [0.4, 0.5) is 4.39 Å². The van der Waals surface area contributed by atoms with Gasteiger partial charge in [-0.3, -0.25) is 4.79 Å². The lowest BCUT2D eigenvalue weighted by Gasteiger charge is -2.16. The fourth-order valence-corrected chi connectivity index (χ4v) is 3.32. The Balaban J connectivity index is 2.19. The van der Waals surface area contributed by atoms with Crippen LogP contribution < -0.4 is 10.3 Å². The van der Waals surface area contributed by atoms with Crippen molar-refractivity contribution in [1.29, 1.82) is 0 Å². The maximum Gasteiger partial charge on any atom is 0.278 e. The zero-order valence-corrected chi connectivity index (χ0v) is 16.4. The molecule has 0 unspecified atom stereocenters. The van der Waals surface area contributed by atoms with E-state index in [0.717, 1.165) is 10.2 Å². The highest BCUT2D eigenvalue weighted by Gasteiger charge is 2.23. The molecule has 0 bridgehead atoms. The molecular weight excluding hydrogens is 423 g/mol. The second-order valence-electron chi connectivity index (χ2n) is 5.71. The second-order valence-corrected chi connectivity index (χ2v) is 6.91. The average Bonchev–Trinajstić information content (AvgIpc) is 2.63. The lowest BCUT2D eigenvalue weighted by atomic mass is 10.0. The number of hydrogen-bond acceptors (Lipinski definition) is 3. The van der Waals surface area contributed by atoms with Gasteiger partial charge in [0.25, 0.3) is 5.56 Å². The van der Waals surface area contributed by atoms with Gasteiger partial charge in [-0.25, -0.2) is 9.07 Å². The fraction of sp³-hybridized carbons (Fsp3) is 0.158. The summed E-state index contributed by atoms with van der Waals surface area (Å²) in [4.78, 5) is 12.8. The number of aromatic nitrogens is 2. The molecule has 4 nitrogen and oxygen atoms in total. The molecule has 3 rings (SSSR count). The Bertz CT molecular complexity index is 1020. The Morgan fingerprint density at radius 1 is 1.19 bits per heavy atom. The molecule has 0 aliphatic rings. The molecule has 2 aromatic carbocycles. The number of hydrogen-bond donors (Lipinski definition) is 0. The number of benzene rings is 2. The normalized spacial score (nSPS) is 10.8. The largest absolute Gasteiger partial charge is 0.486 e. The number of rotatable bonds is 4.